The lowest BCUT2D eigenvalue weighted by molar-refractivity contribution is -0.384. The molecule has 0 fully saturated rings. The predicted molar refractivity (Wildman–Crippen MR) is 75.1 cm³/mol. The molecule has 0 aliphatic carbocycles. The molecule has 0 N–H and O–H groups in total. The summed E-state index contributed by atoms with van der Waals surface area (Å²) in [5, 5.41) is 10.7. The topological polar surface area (TPSA) is 91.1 Å². The summed E-state index contributed by atoms with van der Waals surface area (Å²) in [7, 11) is 4.27. The third-order valence-electron chi connectivity index (χ3n) is 2.87. The second kappa shape index (κ2) is 8.18. The number of non-ortho nitro benzene ring substituents is 1. The Kier molecular flexibility index (Phi) is 6.57. The highest BCUT2D eigenvalue weighted by Crippen LogP contribution is 2.20. The van der Waals surface area contributed by atoms with Crippen LogP contribution in [0, 0.1) is 10.1 Å². The minimum Gasteiger partial charge on any atom is -0.468 e. The van der Waals surface area contributed by atoms with E-state index < -0.39 is 17.2 Å². The number of methoxy groups -OCH3 is 3. The fourth-order valence-electron chi connectivity index (χ4n) is 1.69. The smallest absolute Gasteiger partial charge is 0.325 e. The van der Waals surface area contributed by atoms with Crippen molar-refractivity contribution in [2.45, 2.75) is 6.29 Å². The highest BCUT2D eigenvalue weighted by atomic mass is 16.7. The lowest BCUT2D eigenvalue weighted by Crippen LogP contribution is -2.38. The second-order valence-electron chi connectivity index (χ2n) is 4.13. The number of nitrogens with zero attached hydrogens (tertiary/aromatic N) is 2. The van der Waals surface area contributed by atoms with Crippen molar-refractivity contribution in [3.63, 3.8) is 0 Å². The van der Waals surface area contributed by atoms with Gasteiger partial charge < -0.3 is 19.1 Å². The van der Waals surface area contributed by atoms with Gasteiger partial charge in [0.2, 0.25) is 0 Å². The SMILES string of the molecule is COC(=O)CN(CC(OC)OC)c1ccc([N+](=O)[O-])cc1. The molecular weight excluding hydrogens is 280 g/mol. The molecule has 1 rings (SSSR count). The molecule has 0 saturated carbocycles. The maximum Gasteiger partial charge on any atom is 0.325 e. The largest absolute Gasteiger partial charge is 0.468 e. The van der Waals surface area contributed by atoms with Gasteiger partial charge in [-0.25, -0.2) is 0 Å². The summed E-state index contributed by atoms with van der Waals surface area (Å²) in [5.41, 5.74) is 0.608. The van der Waals surface area contributed by atoms with Crippen LogP contribution in [-0.2, 0) is 19.0 Å². The van der Waals surface area contributed by atoms with Crippen molar-refractivity contribution in [3.8, 4) is 0 Å². The molecule has 0 aliphatic rings. The van der Waals surface area contributed by atoms with Crippen LogP contribution in [0.4, 0.5) is 11.4 Å². The third-order valence-corrected chi connectivity index (χ3v) is 2.87. The Bertz CT molecular complexity index is 472. The van der Waals surface area contributed by atoms with Gasteiger partial charge in [-0.1, -0.05) is 0 Å². The van der Waals surface area contributed by atoms with Crippen LogP contribution >= 0.6 is 0 Å². The molecule has 21 heavy (non-hydrogen) atoms. The van der Waals surface area contributed by atoms with Crippen LogP contribution in [0.25, 0.3) is 0 Å². The molecule has 8 nitrogen and oxygen atoms in total. The Morgan fingerprint density at radius 3 is 2.24 bits per heavy atom. The zero-order chi connectivity index (χ0) is 15.8. The molecule has 0 atom stereocenters. The van der Waals surface area contributed by atoms with Crippen molar-refractivity contribution in [2.24, 2.45) is 0 Å². The van der Waals surface area contributed by atoms with Crippen LogP contribution in [0.1, 0.15) is 0 Å². The van der Waals surface area contributed by atoms with Crippen molar-refractivity contribution in [1.82, 2.24) is 0 Å². The number of hydrogen-bond donors (Lipinski definition) is 0. The first-order valence-corrected chi connectivity index (χ1v) is 6.13. The predicted octanol–water partition coefficient (Wildman–Crippen LogP) is 1.19. The first-order valence-electron chi connectivity index (χ1n) is 6.13. The van der Waals surface area contributed by atoms with E-state index in [1.54, 1.807) is 17.0 Å². The van der Waals surface area contributed by atoms with Crippen LogP contribution in [0.15, 0.2) is 24.3 Å². The van der Waals surface area contributed by atoms with Gasteiger partial charge in [0.05, 0.1) is 18.6 Å². The Hall–Kier alpha value is -2.19. The number of hydrogen-bond acceptors (Lipinski definition) is 7. The third kappa shape index (κ3) is 5.01. The summed E-state index contributed by atoms with van der Waals surface area (Å²) in [6, 6.07) is 5.86. The minimum atomic E-state index is -0.537. The molecule has 0 aromatic heterocycles. The van der Waals surface area contributed by atoms with E-state index in [9.17, 15) is 14.9 Å². The van der Waals surface area contributed by atoms with Crippen molar-refractivity contribution in [1.29, 1.82) is 0 Å². The Morgan fingerprint density at radius 1 is 1.24 bits per heavy atom. The molecule has 1 aromatic rings. The number of nitro groups is 1. The minimum absolute atomic E-state index is 0.0163. The van der Waals surface area contributed by atoms with Gasteiger partial charge in [-0.15, -0.1) is 0 Å². The van der Waals surface area contributed by atoms with Crippen LogP contribution in [0.5, 0.6) is 0 Å². The van der Waals surface area contributed by atoms with Gasteiger partial charge in [0, 0.05) is 32.0 Å². The van der Waals surface area contributed by atoms with Crippen LogP contribution in [-0.4, -0.2) is 51.6 Å². The summed E-state index contributed by atoms with van der Waals surface area (Å²) in [6.45, 7) is 0.261. The summed E-state index contributed by atoms with van der Waals surface area (Å²) >= 11 is 0. The summed E-state index contributed by atoms with van der Waals surface area (Å²) in [5.74, 6) is -0.431. The number of benzene rings is 1. The normalized spacial score (nSPS) is 10.5. The fourth-order valence-corrected chi connectivity index (χ4v) is 1.69. The van der Waals surface area contributed by atoms with Gasteiger partial charge in [0.1, 0.15) is 6.54 Å². The molecule has 116 valence electrons. The molecule has 0 unspecified atom stereocenters. The van der Waals surface area contributed by atoms with Crippen molar-refractivity contribution >= 4 is 17.3 Å². The molecule has 0 radical (unpaired) electrons. The molecule has 0 saturated heterocycles. The number of carbonyl (C=O) groups excluding carboxylic acids is 1. The standard InChI is InChI=1S/C13H18N2O6/c1-19-12(16)8-14(9-13(20-2)21-3)10-4-6-11(7-5-10)15(17)18/h4-7,13H,8-9H2,1-3H3. The number of esters is 1. The number of carbonyl (C=O) groups is 1. The molecule has 0 spiro atoms. The zero-order valence-corrected chi connectivity index (χ0v) is 12.1. The van der Waals surface area contributed by atoms with Crippen molar-refractivity contribution < 1.29 is 23.9 Å². The molecule has 8 heteroatoms. The van der Waals surface area contributed by atoms with Gasteiger partial charge in [-0.3, -0.25) is 14.9 Å². The van der Waals surface area contributed by atoms with E-state index in [0.29, 0.717) is 5.69 Å². The average molecular weight is 298 g/mol. The lowest BCUT2D eigenvalue weighted by Gasteiger charge is -2.27. The van der Waals surface area contributed by atoms with Gasteiger partial charge in [0.25, 0.3) is 5.69 Å². The van der Waals surface area contributed by atoms with E-state index in [2.05, 4.69) is 4.74 Å². The number of anilines is 1. The fraction of sp³-hybridized carbons (Fsp3) is 0.462. The Labute approximate surface area is 122 Å². The van der Waals surface area contributed by atoms with Crippen LogP contribution < -0.4 is 4.90 Å². The van der Waals surface area contributed by atoms with E-state index in [0.717, 1.165) is 0 Å². The molecule has 0 bridgehead atoms. The molecule has 1 aromatic carbocycles. The zero-order valence-electron chi connectivity index (χ0n) is 12.1. The molecule has 0 amide bonds. The van der Waals surface area contributed by atoms with E-state index in [1.807, 2.05) is 0 Å². The highest BCUT2D eigenvalue weighted by molar-refractivity contribution is 5.75. The van der Waals surface area contributed by atoms with E-state index in [4.69, 9.17) is 9.47 Å². The van der Waals surface area contributed by atoms with Crippen LogP contribution in [0.3, 0.4) is 0 Å². The summed E-state index contributed by atoms with van der Waals surface area (Å²) in [6.07, 6.45) is -0.537. The average Bonchev–Trinajstić information content (AvgIpc) is 2.51. The molecule has 0 heterocycles. The summed E-state index contributed by atoms with van der Waals surface area (Å²) in [4.78, 5) is 23.3. The van der Waals surface area contributed by atoms with E-state index in [1.165, 1.54) is 33.5 Å². The Morgan fingerprint density at radius 2 is 1.81 bits per heavy atom. The maximum absolute atomic E-state index is 11.5. The van der Waals surface area contributed by atoms with E-state index >= 15 is 0 Å². The first kappa shape index (κ1) is 16.9. The van der Waals surface area contributed by atoms with Crippen molar-refractivity contribution in [2.75, 3.05) is 39.3 Å². The number of nitro benzene ring substituents is 1. The number of ether oxygens (including phenoxy) is 3. The van der Waals surface area contributed by atoms with Gasteiger partial charge >= 0.3 is 5.97 Å². The van der Waals surface area contributed by atoms with Crippen molar-refractivity contribution in [3.05, 3.63) is 34.4 Å². The van der Waals surface area contributed by atoms with Crippen LogP contribution in [0.2, 0.25) is 0 Å². The maximum atomic E-state index is 11.5. The van der Waals surface area contributed by atoms with Gasteiger partial charge in [0.15, 0.2) is 6.29 Å². The quantitative estimate of drug-likeness (QED) is 0.308. The monoisotopic (exact) mass is 298 g/mol. The lowest BCUT2D eigenvalue weighted by atomic mass is 10.2. The second-order valence-corrected chi connectivity index (χ2v) is 4.13. The highest BCUT2D eigenvalue weighted by Gasteiger charge is 2.18. The molecule has 0 aliphatic heterocycles. The summed E-state index contributed by atoms with van der Waals surface area (Å²) < 4.78 is 14.9. The first-order chi connectivity index (χ1) is 10.0. The van der Waals surface area contributed by atoms with Gasteiger partial charge in [-0.05, 0) is 12.1 Å². The van der Waals surface area contributed by atoms with Gasteiger partial charge in [-0.2, -0.15) is 0 Å². The van der Waals surface area contributed by atoms with E-state index in [-0.39, 0.29) is 18.8 Å². The Balaban J connectivity index is 2.93. The molecular formula is C13H18N2O6. The number of rotatable bonds is 8.